The molecule has 18 heavy (non-hydrogen) atoms. The van der Waals surface area contributed by atoms with Crippen molar-refractivity contribution < 1.29 is 0 Å². The van der Waals surface area contributed by atoms with Crippen LogP contribution in [0.3, 0.4) is 0 Å². The maximum atomic E-state index is 3.93. The van der Waals surface area contributed by atoms with E-state index in [4.69, 9.17) is 0 Å². The number of thioether (sulfide) groups is 1. The van der Waals surface area contributed by atoms with Crippen LogP contribution in [0.5, 0.6) is 0 Å². The first kappa shape index (κ1) is 13.3. The SMILES string of the molecule is C1CNC(C2CCCC2NCC2CCSCC2)C1. The lowest BCUT2D eigenvalue weighted by molar-refractivity contribution is 0.302. The summed E-state index contributed by atoms with van der Waals surface area (Å²) < 4.78 is 0. The molecular weight excluding hydrogens is 240 g/mol. The Morgan fingerprint density at radius 2 is 1.89 bits per heavy atom. The van der Waals surface area contributed by atoms with Gasteiger partial charge in [-0.25, -0.2) is 0 Å². The lowest BCUT2D eigenvalue weighted by Gasteiger charge is -2.29. The van der Waals surface area contributed by atoms with Crippen LogP contribution in [0.4, 0.5) is 0 Å². The molecule has 0 spiro atoms. The fraction of sp³-hybridized carbons (Fsp3) is 1.00. The first-order valence-electron chi connectivity index (χ1n) is 7.98. The summed E-state index contributed by atoms with van der Waals surface area (Å²) in [5, 5.41) is 7.65. The number of nitrogens with one attached hydrogen (secondary N) is 2. The average molecular weight is 268 g/mol. The van der Waals surface area contributed by atoms with E-state index in [-0.39, 0.29) is 0 Å². The van der Waals surface area contributed by atoms with Gasteiger partial charge in [0.05, 0.1) is 0 Å². The monoisotopic (exact) mass is 268 g/mol. The molecule has 0 aromatic heterocycles. The highest BCUT2D eigenvalue weighted by Crippen LogP contribution is 2.32. The van der Waals surface area contributed by atoms with Gasteiger partial charge in [-0.15, -0.1) is 0 Å². The maximum absolute atomic E-state index is 3.93. The van der Waals surface area contributed by atoms with Gasteiger partial charge in [-0.2, -0.15) is 11.8 Å². The van der Waals surface area contributed by atoms with Crippen molar-refractivity contribution in [2.24, 2.45) is 11.8 Å². The molecule has 0 bridgehead atoms. The minimum Gasteiger partial charge on any atom is -0.314 e. The largest absolute Gasteiger partial charge is 0.314 e. The summed E-state index contributed by atoms with van der Waals surface area (Å²) in [7, 11) is 0. The van der Waals surface area contributed by atoms with Crippen LogP contribution < -0.4 is 10.6 Å². The Hall–Kier alpha value is 0.270. The Morgan fingerprint density at radius 1 is 1.00 bits per heavy atom. The summed E-state index contributed by atoms with van der Waals surface area (Å²) in [4.78, 5) is 0. The van der Waals surface area contributed by atoms with E-state index in [1.54, 1.807) is 0 Å². The highest BCUT2D eigenvalue weighted by atomic mass is 32.2. The second kappa shape index (κ2) is 6.62. The number of hydrogen-bond donors (Lipinski definition) is 2. The van der Waals surface area contributed by atoms with Gasteiger partial charge in [-0.3, -0.25) is 0 Å². The molecule has 1 aliphatic carbocycles. The molecule has 3 aliphatic rings. The fourth-order valence-corrected chi connectivity index (χ4v) is 5.27. The highest BCUT2D eigenvalue weighted by molar-refractivity contribution is 7.99. The molecule has 3 fully saturated rings. The zero-order chi connectivity index (χ0) is 12.2. The van der Waals surface area contributed by atoms with Crippen molar-refractivity contribution in [2.75, 3.05) is 24.6 Å². The quantitative estimate of drug-likeness (QED) is 0.820. The van der Waals surface area contributed by atoms with Crippen molar-refractivity contribution in [1.29, 1.82) is 0 Å². The Labute approximate surface area is 116 Å². The Morgan fingerprint density at radius 3 is 2.67 bits per heavy atom. The van der Waals surface area contributed by atoms with Gasteiger partial charge in [0.15, 0.2) is 0 Å². The molecule has 2 N–H and O–H groups in total. The Bertz CT molecular complexity index is 247. The van der Waals surface area contributed by atoms with E-state index in [1.807, 2.05) is 0 Å². The molecule has 0 radical (unpaired) electrons. The van der Waals surface area contributed by atoms with Crippen molar-refractivity contribution in [3.8, 4) is 0 Å². The van der Waals surface area contributed by atoms with Crippen LogP contribution in [0.2, 0.25) is 0 Å². The summed E-state index contributed by atoms with van der Waals surface area (Å²) in [6, 6.07) is 1.64. The second-order valence-electron chi connectivity index (χ2n) is 6.37. The van der Waals surface area contributed by atoms with E-state index < -0.39 is 0 Å². The molecule has 0 aromatic rings. The molecule has 0 aromatic carbocycles. The van der Waals surface area contributed by atoms with E-state index in [0.29, 0.717) is 0 Å². The summed E-state index contributed by atoms with van der Waals surface area (Å²) >= 11 is 2.14. The molecular formula is C15H28N2S. The van der Waals surface area contributed by atoms with E-state index in [1.165, 1.54) is 69.5 Å². The predicted molar refractivity (Wildman–Crippen MR) is 80.2 cm³/mol. The molecule has 3 unspecified atom stereocenters. The lowest BCUT2D eigenvalue weighted by atomic mass is 9.92. The first-order chi connectivity index (χ1) is 8.93. The molecule has 104 valence electrons. The van der Waals surface area contributed by atoms with Crippen molar-refractivity contribution >= 4 is 11.8 Å². The van der Waals surface area contributed by atoms with Gasteiger partial charge in [0.25, 0.3) is 0 Å². The van der Waals surface area contributed by atoms with E-state index in [9.17, 15) is 0 Å². The highest BCUT2D eigenvalue weighted by Gasteiger charge is 2.34. The van der Waals surface area contributed by atoms with Gasteiger partial charge in [-0.1, -0.05) is 6.42 Å². The van der Waals surface area contributed by atoms with Gasteiger partial charge in [0.1, 0.15) is 0 Å². The molecule has 3 rings (SSSR count). The zero-order valence-electron chi connectivity index (χ0n) is 11.5. The van der Waals surface area contributed by atoms with Gasteiger partial charge >= 0.3 is 0 Å². The molecule has 3 atom stereocenters. The van der Waals surface area contributed by atoms with Crippen molar-refractivity contribution in [1.82, 2.24) is 10.6 Å². The molecule has 2 heterocycles. The molecule has 2 aliphatic heterocycles. The van der Waals surface area contributed by atoms with E-state index in [2.05, 4.69) is 22.4 Å². The van der Waals surface area contributed by atoms with Crippen LogP contribution in [-0.2, 0) is 0 Å². The number of hydrogen-bond acceptors (Lipinski definition) is 3. The fourth-order valence-electron chi connectivity index (χ4n) is 4.07. The van der Waals surface area contributed by atoms with Crippen LogP contribution in [0.15, 0.2) is 0 Å². The van der Waals surface area contributed by atoms with Crippen LogP contribution >= 0.6 is 11.8 Å². The summed E-state index contributed by atoms with van der Waals surface area (Å²) in [6.45, 7) is 2.54. The van der Waals surface area contributed by atoms with Gasteiger partial charge in [0.2, 0.25) is 0 Å². The summed E-state index contributed by atoms with van der Waals surface area (Å²) in [5.41, 5.74) is 0. The first-order valence-corrected chi connectivity index (χ1v) is 9.13. The van der Waals surface area contributed by atoms with Gasteiger partial charge in [0, 0.05) is 12.1 Å². The van der Waals surface area contributed by atoms with Crippen molar-refractivity contribution in [3.05, 3.63) is 0 Å². The van der Waals surface area contributed by atoms with E-state index >= 15 is 0 Å². The standard InChI is InChI=1S/C15H28N2S/c1-3-13(14-5-2-8-16-14)15(4-1)17-11-12-6-9-18-10-7-12/h12-17H,1-11H2. The van der Waals surface area contributed by atoms with Gasteiger partial charge in [-0.05, 0) is 75.0 Å². The second-order valence-corrected chi connectivity index (χ2v) is 7.59. The summed E-state index contributed by atoms with van der Waals surface area (Å²) in [6.07, 6.45) is 10.0. The van der Waals surface area contributed by atoms with Crippen LogP contribution in [0, 0.1) is 11.8 Å². The van der Waals surface area contributed by atoms with Crippen LogP contribution in [0.25, 0.3) is 0 Å². The Kier molecular flexibility index (Phi) is 4.88. The topological polar surface area (TPSA) is 24.1 Å². The molecule has 2 saturated heterocycles. The van der Waals surface area contributed by atoms with Gasteiger partial charge < -0.3 is 10.6 Å². The lowest BCUT2D eigenvalue weighted by Crippen LogP contribution is -2.43. The average Bonchev–Trinajstić information content (AvgIpc) is 3.08. The molecule has 2 nitrogen and oxygen atoms in total. The van der Waals surface area contributed by atoms with Crippen LogP contribution in [-0.4, -0.2) is 36.7 Å². The third-order valence-electron chi connectivity index (χ3n) is 5.19. The minimum absolute atomic E-state index is 0.815. The third kappa shape index (κ3) is 3.23. The summed E-state index contributed by atoms with van der Waals surface area (Å²) in [5.74, 6) is 4.67. The molecule has 3 heteroatoms. The normalized spacial score (nSPS) is 38.3. The Balaban J connectivity index is 1.45. The van der Waals surface area contributed by atoms with Crippen molar-refractivity contribution in [2.45, 2.75) is 57.0 Å². The predicted octanol–water partition coefficient (Wildman–Crippen LogP) is 2.64. The minimum atomic E-state index is 0.815. The maximum Gasteiger partial charge on any atom is 0.0111 e. The molecule has 0 amide bonds. The zero-order valence-corrected chi connectivity index (χ0v) is 12.3. The molecule has 1 saturated carbocycles. The van der Waals surface area contributed by atoms with E-state index in [0.717, 1.165) is 23.9 Å². The number of rotatable bonds is 4. The smallest absolute Gasteiger partial charge is 0.0111 e. The third-order valence-corrected chi connectivity index (χ3v) is 6.24. The van der Waals surface area contributed by atoms with Crippen molar-refractivity contribution in [3.63, 3.8) is 0 Å². The van der Waals surface area contributed by atoms with Crippen LogP contribution in [0.1, 0.15) is 44.9 Å².